The van der Waals surface area contributed by atoms with E-state index in [1.807, 2.05) is 37.3 Å². The maximum absolute atomic E-state index is 12.8. The molecule has 0 aliphatic heterocycles. The second kappa shape index (κ2) is 6.33. The summed E-state index contributed by atoms with van der Waals surface area (Å²) < 4.78 is 12.8. The molecule has 2 aromatic rings. The van der Waals surface area contributed by atoms with Crippen LogP contribution in [0.4, 0.5) is 4.39 Å². The third kappa shape index (κ3) is 3.44. The van der Waals surface area contributed by atoms with Gasteiger partial charge in [0.05, 0.1) is 12.5 Å². The second-order valence-corrected chi connectivity index (χ2v) is 4.89. The first-order chi connectivity index (χ1) is 9.58. The normalized spacial score (nSPS) is 11.9. The van der Waals surface area contributed by atoms with E-state index in [9.17, 15) is 9.18 Å². The van der Waals surface area contributed by atoms with Crippen LogP contribution < -0.4 is 0 Å². The predicted octanol–water partition coefficient (Wildman–Crippen LogP) is 3.59. The Morgan fingerprint density at radius 3 is 2.30 bits per heavy atom. The molecule has 104 valence electrons. The first-order valence-electron chi connectivity index (χ1n) is 6.63. The fraction of sp³-hybridized carbons (Fsp3) is 0.235. The van der Waals surface area contributed by atoms with E-state index in [0.717, 1.165) is 11.1 Å². The number of carbonyl (C=O) groups is 1. The van der Waals surface area contributed by atoms with E-state index >= 15 is 0 Å². The van der Waals surface area contributed by atoms with Crippen molar-refractivity contribution < 1.29 is 9.18 Å². The molecule has 1 atom stereocenters. The number of carbonyl (C=O) groups excluding carboxylic acids is 1. The summed E-state index contributed by atoms with van der Waals surface area (Å²) in [5, 5.41) is 0. The van der Waals surface area contributed by atoms with Crippen molar-refractivity contribution in [2.24, 2.45) is 0 Å². The molecule has 0 saturated heterocycles. The quantitative estimate of drug-likeness (QED) is 0.832. The van der Waals surface area contributed by atoms with Gasteiger partial charge in [0.25, 0.3) is 0 Å². The molecule has 0 heterocycles. The van der Waals surface area contributed by atoms with Crippen molar-refractivity contribution >= 4 is 5.91 Å². The zero-order chi connectivity index (χ0) is 14.5. The lowest BCUT2D eigenvalue weighted by Crippen LogP contribution is -2.30. The van der Waals surface area contributed by atoms with Gasteiger partial charge in [0.15, 0.2) is 0 Å². The Bertz CT molecular complexity index is 565. The smallest absolute Gasteiger partial charge is 0.227 e. The van der Waals surface area contributed by atoms with E-state index in [4.69, 9.17) is 0 Å². The van der Waals surface area contributed by atoms with Gasteiger partial charge in [-0.3, -0.25) is 4.79 Å². The van der Waals surface area contributed by atoms with Gasteiger partial charge in [-0.15, -0.1) is 0 Å². The van der Waals surface area contributed by atoms with Crippen molar-refractivity contribution in [2.45, 2.75) is 19.4 Å². The summed E-state index contributed by atoms with van der Waals surface area (Å²) in [5.41, 5.74) is 1.92. The van der Waals surface area contributed by atoms with Gasteiger partial charge in [-0.25, -0.2) is 4.39 Å². The van der Waals surface area contributed by atoms with Gasteiger partial charge in [-0.05, 0) is 30.2 Å². The number of hydrogen-bond donors (Lipinski definition) is 0. The van der Waals surface area contributed by atoms with Crippen LogP contribution in [-0.2, 0) is 11.2 Å². The van der Waals surface area contributed by atoms with E-state index in [1.54, 1.807) is 24.1 Å². The highest BCUT2D eigenvalue weighted by molar-refractivity contribution is 5.78. The highest BCUT2D eigenvalue weighted by Crippen LogP contribution is 2.19. The number of hydrogen-bond acceptors (Lipinski definition) is 1. The minimum Gasteiger partial charge on any atom is -0.339 e. The van der Waals surface area contributed by atoms with Crippen LogP contribution in [0.3, 0.4) is 0 Å². The largest absolute Gasteiger partial charge is 0.339 e. The number of benzene rings is 2. The summed E-state index contributed by atoms with van der Waals surface area (Å²) in [6.07, 6.45) is 0.286. The Balaban J connectivity index is 2.03. The van der Waals surface area contributed by atoms with Gasteiger partial charge in [0, 0.05) is 7.05 Å². The first-order valence-corrected chi connectivity index (χ1v) is 6.63. The minimum absolute atomic E-state index is 0.0177. The number of nitrogens with zero attached hydrogens (tertiary/aromatic N) is 1. The molecule has 3 heteroatoms. The van der Waals surface area contributed by atoms with Crippen molar-refractivity contribution in [2.75, 3.05) is 7.05 Å². The molecular weight excluding hydrogens is 253 g/mol. The first kappa shape index (κ1) is 14.3. The Hall–Kier alpha value is -2.16. The molecule has 0 N–H and O–H groups in total. The van der Waals surface area contributed by atoms with Crippen LogP contribution in [0.25, 0.3) is 0 Å². The van der Waals surface area contributed by atoms with Crippen LogP contribution in [0.2, 0.25) is 0 Å². The van der Waals surface area contributed by atoms with Crippen LogP contribution in [0, 0.1) is 5.82 Å². The summed E-state index contributed by atoms with van der Waals surface area (Å²) >= 11 is 0. The highest BCUT2D eigenvalue weighted by Gasteiger charge is 2.17. The van der Waals surface area contributed by atoms with Crippen molar-refractivity contribution in [3.8, 4) is 0 Å². The van der Waals surface area contributed by atoms with Crippen LogP contribution >= 0.6 is 0 Å². The molecule has 2 rings (SSSR count). The topological polar surface area (TPSA) is 20.3 Å². The number of halogens is 1. The standard InChI is InChI=1S/C17H18FNO/c1-13(15-6-4-3-5-7-15)19(2)17(20)12-14-8-10-16(18)11-9-14/h3-11,13H,12H2,1-2H3. The Kier molecular flexibility index (Phi) is 4.51. The molecule has 0 aliphatic rings. The monoisotopic (exact) mass is 271 g/mol. The van der Waals surface area contributed by atoms with Crippen LogP contribution in [0.5, 0.6) is 0 Å². The molecule has 20 heavy (non-hydrogen) atoms. The molecule has 0 aliphatic carbocycles. The van der Waals surface area contributed by atoms with Crippen molar-refractivity contribution in [1.82, 2.24) is 4.90 Å². The lowest BCUT2D eigenvalue weighted by molar-refractivity contribution is -0.131. The SMILES string of the molecule is CC(c1ccccc1)N(C)C(=O)Cc1ccc(F)cc1. The minimum atomic E-state index is -0.285. The lowest BCUT2D eigenvalue weighted by atomic mass is 10.1. The van der Waals surface area contributed by atoms with Crippen molar-refractivity contribution in [3.05, 3.63) is 71.5 Å². The lowest BCUT2D eigenvalue weighted by Gasteiger charge is -2.25. The van der Waals surface area contributed by atoms with Crippen LogP contribution in [0.1, 0.15) is 24.1 Å². The van der Waals surface area contributed by atoms with Gasteiger partial charge in [0.1, 0.15) is 5.82 Å². The number of rotatable bonds is 4. The second-order valence-electron chi connectivity index (χ2n) is 4.89. The summed E-state index contributed by atoms with van der Waals surface area (Å²) in [7, 11) is 1.80. The molecule has 0 spiro atoms. The fourth-order valence-electron chi connectivity index (χ4n) is 2.07. The zero-order valence-electron chi connectivity index (χ0n) is 11.7. The van der Waals surface area contributed by atoms with Gasteiger partial charge < -0.3 is 4.90 Å². The molecule has 0 bridgehead atoms. The van der Waals surface area contributed by atoms with Crippen LogP contribution in [-0.4, -0.2) is 17.9 Å². The Morgan fingerprint density at radius 1 is 1.10 bits per heavy atom. The maximum Gasteiger partial charge on any atom is 0.227 e. The fourth-order valence-corrected chi connectivity index (χ4v) is 2.07. The third-order valence-electron chi connectivity index (χ3n) is 3.52. The van der Waals surface area contributed by atoms with E-state index < -0.39 is 0 Å². The van der Waals surface area contributed by atoms with Crippen molar-refractivity contribution in [1.29, 1.82) is 0 Å². The molecule has 0 saturated carbocycles. The molecule has 1 unspecified atom stereocenters. The summed E-state index contributed by atoms with van der Waals surface area (Å²) in [6.45, 7) is 2.00. The Labute approximate surface area is 118 Å². The molecule has 0 radical (unpaired) electrons. The van der Waals surface area contributed by atoms with Gasteiger partial charge in [-0.2, -0.15) is 0 Å². The zero-order valence-corrected chi connectivity index (χ0v) is 11.7. The van der Waals surface area contributed by atoms with Crippen LogP contribution in [0.15, 0.2) is 54.6 Å². The van der Waals surface area contributed by atoms with Gasteiger partial charge >= 0.3 is 0 Å². The average Bonchev–Trinajstić information content (AvgIpc) is 2.49. The van der Waals surface area contributed by atoms with Crippen molar-refractivity contribution in [3.63, 3.8) is 0 Å². The summed E-state index contributed by atoms with van der Waals surface area (Å²) in [4.78, 5) is 14.0. The van der Waals surface area contributed by atoms with E-state index in [2.05, 4.69) is 0 Å². The average molecular weight is 271 g/mol. The summed E-state index contributed by atoms with van der Waals surface area (Å²) in [5.74, 6) is -0.264. The maximum atomic E-state index is 12.8. The molecule has 1 amide bonds. The van der Waals surface area contributed by atoms with E-state index in [1.165, 1.54) is 12.1 Å². The van der Waals surface area contributed by atoms with Gasteiger partial charge in [-0.1, -0.05) is 42.5 Å². The predicted molar refractivity (Wildman–Crippen MR) is 77.7 cm³/mol. The number of likely N-dealkylation sites (N-methyl/N-ethyl adjacent to an activating group) is 1. The van der Waals surface area contributed by atoms with E-state index in [0.29, 0.717) is 0 Å². The van der Waals surface area contributed by atoms with E-state index in [-0.39, 0.29) is 24.2 Å². The molecule has 2 nitrogen and oxygen atoms in total. The van der Waals surface area contributed by atoms with Gasteiger partial charge in [0.2, 0.25) is 5.91 Å². The third-order valence-corrected chi connectivity index (χ3v) is 3.52. The number of amides is 1. The highest BCUT2D eigenvalue weighted by atomic mass is 19.1. The molecule has 0 fully saturated rings. The Morgan fingerprint density at radius 2 is 1.70 bits per heavy atom. The molecule has 0 aromatic heterocycles. The molecular formula is C17H18FNO. The summed E-state index contributed by atoms with van der Waals surface area (Å²) in [6, 6.07) is 16.0. The molecule has 2 aromatic carbocycles.